The molecule has 1 aliphatic heterocycles. The summed E-state index contributed by atoms with van der Waals surface area (Å²) in [5.74, 6) is 0. The zero-order valence-corrected chi connectivity index (χ0v) is 8.73. The highest BCUT2D eigenvalue weighted by atomic mass is 16.2. The van der Waals surface area contributed by atoms with Crippen LogP contribution >= 0.6 is 0 Å². The maximum atomic E-state index is 11.6. The highest BCUT2D eigenvalue weighted by Gasteiger charge is 2.28. The molecule has 0 saturated carbocycles. The van der Waals surface area contributed by atoms with Gasteiger partial charge in [-0.1, -0.05) is 12.1 Å². The van der Waals surface area contributed by atoms with Crippen LogP contribution in [0.4, 0.5) is 10.5 Å². The van der Waals surface area contributed by atoms with E-state index in [-0.39, 0.29) is 12.1 Å². The average molecular weight is 205 g/mol. The van der Waals surface area contributed by atoms with Crippen LogP contribution in [-0.2, 0) is 6.54 Å². The first-order valence-electron chi connectivity index (χ1n) is 5.08. The van der Waals surface area contributed by atoms with E-state index in [1.54, 1.807) is 4.90 Å². The van der Waals surface area contributed by atoms with Gasteiger partial charge in [-0.25, -0.2) is 4.79 Å². The number of hydrogen-bond donors (Lipinski definition) is 2. The van der Waals surface area contributed by atoms with Gasteiger partial charge in [0.25, 0.3) is 0 Å². The quantitative estimate of drug-likeness (QED) is 0.758. The average Bonchev–Trinajstić information content (AvgIpc) is 2.59. The van der Waals surface area contributed by atoms with Crippen molar-refractivity contribution in [3.8, 4) is 0 Å². The number of nitrogens with two attached hydrogens (primary N) is 1. The second-order valence-electron chi connectivity index (χ2n) is 3.78. The van der Waals surface area contributed by atoms with Crippen LogP contribution in [0.25, 0.3) is 0 Å². The van der Waals surface area contributed by atoms with E-state index in [1.165, 1.54) is 0 Å². The molecule has 2 amide bonds. The van der Waals surface area contributed by atoms with Crippen LogP contribution in [-0.4, -0.2) is 18.6 Å². The smallest absolute Gasteiger partial charge is 0.322 e. The number of carbonyl (C=O) groups is 1. The summed E-state index contributed by atoms with van der Waals surface area (Å²) in [7, 11) is 0. The van der Waals surface area contributed by atoms with Gasteiger partial charge >= 0.3 is 6.03 Å². The molecule has 2 rings (SSSR count). The predicted octanol–water partition coefficient (Wildman–Crippen LogP) is 1.06. The van der Waals surface area contributed by atoms with Gasteiger partial charge in [0.15, 0.2) is 0 Å². The lowest BCUT2D eigenvalue weighted by Gasteiger charge is -2.20. The number of carbonyl (C=O) groups excluding carboxylic acids is 1. The number of nitrogens with one attached hydrogen (secondary N) is 1. The summed E-state index contributed by atoms with van der Waals surface area (Å²) in [5, 5.41) is 2.81. The third-order valence-corrected chi connectivity index (χ3v) is 2.63. The molecule has 3 N–H and O–H groups in total. The zero-order valence-electron chi connectivity index (χ0n) is 8.73. The number of urea groups is 1. The van der Waals surface area contributed by atoms with Gasteiger partial charge in [0, 0.05) is 18.8 Å². The van der Waals surface area contributed by atoms with Gasteiger partial charge in [-0.2, -0.15) is 0 Å². The van der Waals surface area contributed by atoms with Crippen LogP contribution < -0.4 is 16.0 Å². The van der Waals surface area contributed by atoms with Crippen LogP contribution in [0.3, 0.4) is 0 Å². The molecule has 0 aromatic heterocycles. The Labute approximate surface area is 89.1 Å². The van der Waals surface area contributed by atoms with Crippen molar-refractivity contribution in [2.75, 3.05) is 11.4 Å². The van der Waals surface area contributed by atoms with Crippen LogP contribution in [0.2, 0.25) is 0 Å². The fourth-order valence-corrected chi connectivity index (χ4v) is 1.82. The monoisotopic (exact) mass is 205 g/mol. The summed E-state index contributed by atoms with van der Waals surface area (Å²) >= 11 is 0. The zero-order chi connectivity index (χ0) is 10.8. The second kappa shape index (κ2) is 3.90. The number of nitrogens with zero attached hydrogens (tertiary/aromatic N) is 1. The first-order chi connectivity index (χ1) is 7.22. The Morgan fingerprint density at radius 1 is 1.60 bits per heavy atom. The largest absolute Gasteiger partial charge is 0.336 e. The first-order valence-corrected chi connectivity index (χ1v) is 5.08. The molecule has 4 heteroatoms. The maximum absolute atomic E-state index is 11.6. The molecular weight excluding hydrogens is 190 g/mol. The van der Waals surface area contributed by atoms with Crippen molar-refractivity contribution >= 4 is 11.7 Å². The second-order valence-corrected chi connectivity index (χ2v) is 3.78. The molecule has 0 spiro atoms. The van der Waals surface area contributed by atoms with E-state index >= 15 is 0 Å². The van der Waals surface area contributed by atoms with E-state index in [0.29, 0.717) is 13.1 Å². The van der Waals surface area contributed by atoms with Crippen molar-refractivity contribution in [3.63, 3.8) is 0 Å². The molecule has 1 aromatic rings. The van der Waals surface area contributed by atoms with Crippen molar-refractivity contribution in [2.24, 2.45) is 5.73 Å². The Hall–Kier alpha value is -1.55. The van der Waals surface area contributed by atoms with Crippen LogP contribution in [0.5, 0.6) is 0 Å². The van der Waals surface area contributed by atoms with Crippen molar-refractivity contribution in [2.45, 2.75) is 19.5 Å². The lowest BCUT2D eigenvalue weighted by atomic mass is 10.2. The maximum Gasteiger partial charge on any atom is 0.322 e. The number of anilines is 1. The molecule has 0 aliphatic carbocycles. The molecule has 1 fully saturated rings. The minimum atomic E-state index is -0.0309. The number of benzene rings is 1. The van der Waals surface area contributed by atoms with Gasteiger partial charge in [-0.3, -0.25) is 4.90 Å². The van der Waals surface area contributed by atoms with Crippen molar-refractivity contribution in [1.29, 1.82) is 0 Å². The van der Waals surface area contributed by atoms with Crippen LogP contribution in [0.15, 0.2) is 24.3 Å². The van der Waals surface area contributed by atoms with E-state index < -0.39 is 0 Å². The topological polar surface area (TPSA) is 58.4 Å². The SMILES string of the molecule is CC1CNC(=O)N1c1cccc(CN)c1. The Balaban J connectivity index is 2.31. The fourth-order valence-electron chi connectivity index (χ4n) is 1.82. The Morgan fingerprint density at radius 2 is 2.40 bits per heavy atom. The fraction of sp³-hybridized carbons (Fsp3) is 0.364. The Morgan fingerprint density at radius 3 is 3.00 bits per heavy atom. The lowest BCUT2D eigenvalue weighted by Crippen LogP contribution is -2.32. The van der Waals surface area contributed by atoms with E-state index in [9.17, 15) is 4.79 Å². The van der Waals surface area contributed by atoms with Gasteiger partial charge < -0.3 is 11.1 Å². The molecule has 80 valence electrons. The van der Waals surface area contributed by atoms with Crippen molar-refractivity contribution in [1.82, 2.24) is 5.32 Å². The third-order valence-electron chi connectivity index (χ3n) is 2.63. The van der Waals surface area contributed by atoms with Gasteiger partial charge in [0.2, 0.25) is 0 Å². The summed E-state index contributed by atoms with van der Waals surface area (Å²) in [6.45, 7) is 3.22. The number of amides is 2. The molecular formula is C11H15N3O. The van der Waals surface area contributed by atoms with Gasteiger partial charge in [-0.05, 0) is 24.6 Å². The van der Waals surface area contributed by atoms with E-state index in [1.807, 2.05) is 31.2 Å². The first kappa shape index (κ1) is 9.98. The van der Waals surface area contributed by atoms with E-state index in [2.05, 4.69) is 5.32 Å². The normalized spacial score (nSPS) is 20.5. The minimum Gasteiger partial charge on any atom is -0.336 e. The third kappa shape index (κ3) is 1.80. The molecule has 15 heavy (non-hydrogen) atoms. The van der Waals surface area contributed by atoms with Gasteiger partial charge in [0.1, 0.15) is 0 Å². The highest BCUT2D eigenvalue weighted by molar-refractivity contribution is 5.94. The molecule has 1 unspecified atom stereocenters. The van der Waals surface area contributed by atoms with E-state index in [0.717, 1.165) is 11.3 Å². The van der Waals surface area contributed by atoms with Gasteiger partial charge in [0.05, 0.1) is 6.04 Å². The van der Waals surface area contributed by atoms with Crippen LogP contribution in [0, 0.1) is 0 Å². The molecule has 0 radical (unpaired) electrons. The molecule has 1 aliphatic rings. The highest BCUT2D eigenvalue weighted by Crippen LogP contribution is 2.21. The molecule has 1 heterocycles. The lowest BCUT2D eigenvalue weighted by molar-refractivity contribution is 0.252. The Kier molecular flexibility index (Phi) is 2.60. The summed E-state index contributed by atoms with van der Waals surface area (Å²) in [4.78, 5) is 13.3. The summed E-state index contributed by atoms with van der Waals surface area (Å²) in [6.07, 6.45) is 0. The molecule has 0 bridgehead atoms. The summed E-state index contributed by atoms with van der Waals surface area (Å²) < 4.78 is 0. The van der Waals surface area contributed by atoms with E-state index in [4.69, 9.17) is 5.73 Å². The minimum absolute atomic E-state index is 0.0309. The van der Waals surface area contributed by atoms with Crippen LogP contribution in [0.1, 0.15) is 12.5 Å². The standard InChI is InChI=1S/C11H15N3O/c1-8-7-13-11(15)14(8)10-4-2-3-9(5-10)6-12/h2-5,8H,6-7,12H2,1H3,(H,13,15). The predicted molar refractivity (Wildman–Crippen MR) is 59.7 cm³/mol. The van der Waals surface area contributed by atoms with Crippen molar-refractivity contribution < 1.29 is 4.79 Å². The Bertz CT molecular complexity index is 378. The van der Waals surface area contributed by atoms with Gasteiger partial charge in [-0.15, -0.1) is 0 Å². The molecule has 1 atom stereocenters. The summed E-state index contributed by atoms with van der Waals surface area (Å²) in [6, 6.07) is 7.95. The molecule has 1 saturated heterocycles. The number of hydrogen-bond acceptors (Lipinski definition) is 2. The summed E-state index contributed by atoms with van der Waals surface area (Å²) in [5.41, 5.74) is 7.53. The number of rotatable bonds is 2. The van der Waals surface area contributed by atoms with Crippen molar-refractivity contribution in [3.05, 3.63) is 29.8 Å². The molecule has 1 aromatic carbocycles. The molecule has 4 nitrogen and oxygen atoms in total.